The van der Waals surface area contributed by atoms with Crippen molar-refractivity contribution in [2.75, 3.05) is 6.61 Å². The van der Waals surface area contributed by atoms with Gasteiger partial charge in [0.05, 0.1) is 6.10 Å². The Labute approximate surface area is 119 Å². The lowest BCUT2D eigenvalue weighted by Crippen LogP contribution is -2.47. The zero-order valence-corrected chi connectivity index (χ0v) is 13.3. The molecule has 0 aliphatic carbocycles. The first kappa shape index (κ1) is 13.5. The van der Waals surface area contributed by atoms with Crippen molar-refractivity contribution in [1.29, 1.82) is 0 Å². The summed E-state index contributed by atoms with van der Waals surface area (Å²) >= 11 is 7.01. The number of nitrogens with one attached hydrogen (secondary N) is 1. The average Bonchev–Trinajstić information content (AvgIpc) is 2.62. The number of rotatable bonds is 3. The van der Waals surface area contributed by atoms with Crippen molar-refractivity contribution in [3.8, 4) is 0 Å². The van der Waals surface area contributed by atoms with Crippen LogP contribution >= 0.6 is 31.9 Å². The van der Waals surface area contributed by atoms with E-state index in [1.54, 1.807) is 0 Å². The van der Waals surface area contributed by atoms with Gasteiger partial charge in [0.1, 0.15) is 0 Å². The third kappa shape index (κ3) is 3.11. The smallest absolute Gasteiger partial charge is 0.0726 e. The maximum Gasteiger partial charge on any atom is 0.0726 e. The Morgan fingerprint density at radius 2 is 2.18 bits per heavy atom. The van der Waals surface area contributed by atoms with E-state index < -0.39 is 0 Å². The Morgan fingerprint density at radius 3 is 2.76 bits per heavy atom. The number of benzene rings is 1. The first-order chi connectivity index (χ1) is 8.01. The van der Waals surface area contributed by atoms with Crippen molar-refractivity contribution in [1.82, 2.24) is 5.32 Å². The van der Waals surface area contributed by atoms with Gasteiger partial charge in [-0.2, -0.15) is 0 Å². The molecule has 1 saturated heterocycles. The molecule has 17 heavy (non-hydrogen) atoms. The zero-order chi connectivity index (χ0) is 12.5. The summed E-state index contributed by atoms with van der Waals surface area (Å²) in [6, 6.07) is 6.34. The minimum Gasteiger partial charge on any atom is -0.377 e. The highest BCUT2D eigenvalue weighted by Crippen LogP contribution is 2.27. The average molecular weight is 363 g/mol. The minimum atomic E-state index is 0.0968. The van der Waals surface area contributed by atoms with E-state index in [4.69, 9.17) is 4.74 Å². The molecule has 2 unspecified atom stereocenters. The number of hydrogen-bond donors (Lipinski definition) is 1. The lowest BCUT2D eigenvalue weighted by Gasteiger charge is -2.29. The van der Waals surface area contributed by atoms with Crippen LogP contribution in [0.5, 0.6) is 0 Å². The monoisotopic (exact) mass is 361 g/mol. The predicted octanol–water partition coefficient (Wildman–Crippen LogP) is 3.87. The highest BCUT2D eigenvalue weighted by molar-refractivity contribution is 9.13. The normalized spacial score (nSPS) is 28.6. The molecule has 0 amide bonds. The van der Waals surface area contributed by atoms with Gasteiger partial charge in [0, 0.05) is 27.6 Å². The fourth-order valence-corrected chi connectivity index (χ4v) is 2.69. The molecule has 1 aromatic carbocycles. The molecule has 1 heterocycles. The Balaban J connectivity index is 2.00. The van der Waals surface area contributed by atoms with Crippen LogP contribution in [-0.4, -0.2) is 18.2 Å². The summed E-state index contributed by atoms with van der Waals surface area (Å²) in [5, 5.41) is 3.61. The van der Waals surface area contributed by atoms with Crippen molar-refractivity contribution >= 4 is 31.9 Å². The van der Waals surface area contributed by atoms with E-state index in [0.717, 1.165) is 28.5 Å². The summed E-state index contributed by atoms with van der Waals surface area (Å²) in [5.74, 6) is 0. The largest absolute Gasteiger partial charge is 0.377 e. The van der Waals surface area contributed by atoms with Gasteiger partial charge < -0.3 is 10.1 Å². The molecule has 1 N–H and O–H groups in total. The fraction of sp³-hybridized carbons (Fsp3) is 0.538. The minimum absolute atomic E-state index is 0.0968. The van der Waals surface area contributed by atoms with Gasteiger partial charge in [0.15, 0.2) is 0 Å². The summed E-state index contributed by atoms with van der Waals surface area (Å²) in [5.41, 5.74) is 1.37. The summed E-state index contributed by atoms with van der Waals surface area (Å²) in [4.78, 5) is 0. The fourth-order valence-electron chi connectivity index (χ4n) is 2.02. The number of halogens is 2. The summed E-state index contributed by atoms with van der Waals surface area (Å²) < 4.78 is 7.80. The van der Waals surface area contributed by atoms with Crippen molar-refractivity contribution in [3.05, 3.63) is 32.7 Å². The van der Waals surface area contributed by atoms with Crippen LogP contribution in [0.4, 0.5) is 0 Å². The molecule has 1 fully saturated rings. The van der Waals surface area contributed by atoms with Gasteiger partial charge in [-0.25, -0.2) is 0 Å². The quantitative estimate of drug-likeness (QED) is 0.881. The van der Waals surface area contributed by atoms with Gasteiger partial charge in [0.2, 0.25) is 0 Å². The zero-order valence-electron chi connectivity index (χ0n) is 10.1. The van der Waals surface area contributed by atoms with Gasteiger partial charge in [-0.15, -0.1) is 0 Å². The van der Waals surface area contributed by atoms with E-state index in [9.17, 15) is 0 Å². The van der Waals surface area contributed by atoms with Gasteiger partial charge in [0.25, 0.3) is 0 Å². The lowest BCUT2D eigenvalue weighted by atomic mass is 9.94. The molecule has 0 saturated carbocycles. The first-order valence-corrected chi connectivity index (χ1v) is 7.40. The van der Waals surface area contributed by atoms with Gasteiger partial charge in [-0.05, 0) is 69.8 Å². The van der Waals surface area contributed by atoms with Crippen molar-refractivity contribution in [2.45, 2.75) is 38.5 Å². The third-order valence-corrected chi connectivity index (χ3v) is 5.45. The molecule has 4 heteroatoms. The van der Waals surface area contributed by atoms with Gasteiger partial charge >= 0.3 is 0 Å². The molecular formula is C13H17Br2NO. The molecule has 0 radical (unpaired) electrons. The van der Waals surface area contributed by atoms with Crippen molar-refractivity contribution in [3.63, 3.8) is 0 Å². The SMILES string of the molecule is CC1OCCC1(C)NCc1ccc(Br)c(Br)c1. The van der Waals surface area contributed by atoms with E-state index in [-0.39, 0.29) is 11.6 Å². The van der Waals surface area contributed by atoms with Crippen LogP contribution in [-0.2, 0) is 11.3 Å². The summed E-state index contributed by atoms with van der Waals surface area (Å²) in [6.45, 7) is 6.10. The predicted molar refractivity (Wildman–Crippen MR) is 77.1 cm³/mol. The van der Waals surface area contributed by atoms with Crippen LogP contribution in [0.25, 0.3) is 0 Å². The van der Waals surface area contributed by atoms with Crippen LogP contribution in [0.1, 0.15) is 25.8 Å². The second-order valence-corrected chi connectivity index (χ2v) is 6.49. The maximum atomic E-state index is 5.62. The van der Waals surface area contributed by atoms with Gasteiger partial charge in [-0.3, -0.25) is 0 Å². The van der Waals surface area contributed by atoms with Crippen molar-refractivity contribution in [2.24, 2.45) is 0 Å². The van der Waals surface area contributed by atoms with Gasteiger partial charge in [-0.1, -0.05) is 6.07 Å². The second kappa shape index (κ2) is 5.39. The highest BCUT2D eigenvalue weighted by atomic mass is 79.9. The standard InChI is InChI=1S/C13H17Br2NO/c1-9-13(2,5-6-17-9)16-8-10-3-4-11(14)12(15)7-10/h3-4,7,9,16H,5-6,8H2,1-2H3. The molecule has 94 valence electrons. The molecule has 1 aliphatic rings. The van der Waals surface area contributed by atoms with Crippen LogP contribution in [0.15, 0.2) is 27.1 Å². The lowest BCUT2D eigenvalue weighted by molar-refractivity contribution is 0.0881. The van der Waals surface area contributed by atoms with E-state index >= 15 is 0 Å². The molecule has 0 aromatic heterocycles. The molecule has 1 aliphatic heterocycles. The topological polar surface area (TPSA) is 21.3 Å². The Morgan fingerprint density at radius 1 is 1.41 bits per heavy atom. The summed E-state index contributed by atoms with van der Waals surface area (Å²) in [6.07, 6.45) is 1.35. The molecule has 2 nitrogen and oxygen atoms in total. The van der Waals surface area contributed by atoms with Crippen molar-refractivity contribution < 1.29 is 4.74 Å². The van der Waals surface area contributed by atoms with Crippen LogP contribution in [0.2, 0.25) is 0 Å². The number of hydrogen-bond acceptors (Lipinski definition) is 2. The molecule has 2 rings (SSSR count). The van der Waals surface area contributed by atoms with E-state index in [1.807, 2.05) is 0 Å². The highest BCUT2D eigenvalue weighted by Gasteiger charge is 2.36. The van der Waals surface area contributed by atoms with E-state index in [1.165, 1.54) is 5.56 Å². The van der Waals surface area contributed by atoms with E-state index in [2.05, 4.69) is 69.2 Å². The Hall–Kier alpha value is 0.1000. The maximum absolute atomic E-state index is 5.62. The molecule has 2 atom stereocenters. The van der Waals surface area contributed by atoms with Crippen LogP contribution in [0, 0.1) is 0 Å². The summed E-state index contributed by atoms with van der Waals surface area (Å²) in [7, 11) is 0. The Kier molecular flexibility index (Phi) is 4.29. The molecule has 0 bridgehead atoms. The Bertz CT molecular complexity index is 410. The molecule has 1 aromatic rings. The van der Waals surface area contributed by atoms with Crippen LogP contribution in [0.3, 0.4) is 0 Å². The number of ether oxygens (including phenoxy) is 1. The van der Waals surface area contributed by atoms with E-state index in [0.29, 0.717) is 0 Å². The second-order valence-electron chi connectivity index (χ2n) is 4.78. The third-order valence-electron chi connectivity index (χ3n) is 3.57. The molecule has 0 spiro atoms. The first-order valence-electron chi connectivity index (χ1n) is 5.82. The molecular weight excluding hydrogens is 346 g/mol. The van der Waals surface area contributed by atoms with Crippen LogP contribution < -0.4 is 5.32 Å².